The van der Waals surface area contributed by atoms with Crippen LogP contribution in [0.1, 0.15) is 19.5 Å². The number of thioether (sulfide) groups is 1. The van der Waals surface area contributed by atoms with E-state index in [1.165, 1.54) is 0 Å². The van der Waals surface area contributed by atoms with Gasteiger partial charge in [-0.1, -0.05) is 19.9 Å². The summed E-state index contributed by atoms with van der Waals surface area (Å²) in [6, 6.07) is 5.98. The van der Waals surface area contributed by atoms with Crippen LogP contribution >= 0.6 is 11.8 Å². The van der Waals surface area contributed by atoms with E-state index in [0.717, 1.165) is 11.4 Å². The third-order valence-electron chi connectivity index (χ3n) is 1.02. The predicted octanol–water partition coefficient (Wildman–Crippen LogP) is 2.97. The smallest absolute Gasteiger partial charge is 0.0502 e. The minimum absolute atomic E-state index is 1.01. The summed E-state index contributed by atoms with van der Waals surface area (Å²) >= 11 is 1.79. The fraction of sp³-hybridized carbons (Fsp3) is 0.444. The first-order chi connectivity index (χ1) is 5.43. The van der Waals surface area contributed by atoms with E-state index in [-0.39, 0.29) is 0 Å². The van der Waals surface area contributed by atoms with Crippen LogP contribution in [0.15, 0.2) is 24.4 Å². The molecule has 0 aliphatic heterocycles. The molecule has 0 aliphatic carbocycles. The van der Waals surface area contributed by atoms with Crippen LogP contribution in [0.5, 0.6) is 0 Å². The summed E-state index contributed by atoms with van der Waals surface area (Å²) in [4.78, 5) is 4.15. The van der Waals surface area contributed by atoms with Crippen LogP contribution in [0.4, 0.5) is 0 Å². The molecule has 0 atom stereocenters. The number of hydrogen-bond donors (Lipinski definition) is 0. The van der Waals surface area contributed by atoms with Gasteiger partial charge in [-0.25, -0.2) is 0 Å². The molecule has 0 radical (unpaired) electrons. The average Bonchev–Trinajstić information content (AvgIpc) is 2.11. The molecule has 1 rings (SSSR count). The van der Waals surface area contributed by atoms with E-state index in [0.29, 0.717) is 0 Å². The number of rotatable bonds is 2. The van der Waals surface area contributed by atoms with E-state index >= 15 is 0 Å². The highest BCUT2D eigenvalue weighted by molar-refractivity contribution is 7.97. The third kappa shape index (κ3) is 4.85. The van der Waals surface area contributed by atoms with Crippen molar-refractivity contribution in [3.8, 4) is 0 Å². The lowest BCUT2D eigenvalue weighted by atomic mass is 10.4. The zero-order valence-electron chi connectivity index (χ0n) is 7.37. The van der Waals surface area contributed by atoms with Crippen molar-refractivity contribution in [2.45, 2.75) is 19.6 Å². The summed E-state index contributed by atoms with van der Waals surface area (Å²) in [6.45, 7) is 4.00. The lowest BCUT2D eigenvalue weighted by Gasteiger charge is -1.92. The Morgan fingerprint density at radius 3 is 2.55 bits per heavy atom. The summed E-state index contributed by atoms with van der Waals surface area (Å²) in [5, 5.41) is 0. The highest BCUT2D eigenvalue weighted by atomic mass is 32.2. The molecule has 1 aromatic rings. The van der Waals surface area contributed by atoms with E-state index in [4.69, 9.17) is 0 Å². The Hall–Kier alpha value is -0.500. The number of aromatic nitrogens is 1. The second-order valence-electron chi connectivity index (χ2n) is 1.75. The van der Waals surface area contributed by atoms with E-state index in [1.807, 2.05) is 38.2 Å². The monoisotopic (exact) mass is 169 g/mol. The molecular weight excluding hydrogens is 154 g/mol. The molecular formula is C9H15NS. The van der Waals surface area contributed by atoms with Crippen LogP contribution in [0, 0.1) is 0 Å². The van der Waals surface area contributed by atoms with Crippen LogP contribution in [-0.4, -0.2) is 11.2 Å². The SMILES string of the molecule is CC.CSCc1ccccn1. The van der Waals surface area contributed by atoms with Crippen molar-refractivity contribution in [3.05, 3.63) is 30.1 Å². The largest absolute Gasteiger partial charge is 0.260 e. The van der Waals surface area contributed by atoms with Crippen molar-refractivity contribution in [2.24, 2.45) is 0 Å². The fourth-order valence-corrected chi connectivity index (χ4v) is 1.10. The van der Waals surface area contributed by atoms with E-state index < -0.39 is 0 Å². The van der Waals surface area contributed by atoms with Gasteiger partial charge in [-0.3, -0.25) is 4.98 Å². The molecule has 0 amide bonds. The number of nitrogens with zero attached hydrogens (tertiary/aromatic N) is 1. The van der Waals surface area contributed by atoms with Crippen molar-refractivity contribution in [1.82, 2.24) is 4.98 Å². The molecule has 0 aliphatic rings. The second kappa shape index (κ2) is 7.61. The van der Waals surface area contributed by atoms with Gasteiger partial charge in [0.2, 0.25) is 0 Å². The molecule has 2 heteroatoms. The van der Waals surface area contributed by atoms with Gasteiger partial charge >= 0.3 is 0 Å². The molecule has 62 valence electrons. The zero-order valence-corrected chi connectivity index (χ0v) is 8.19. The maximum Gasteiger partial charge on any atom is 0.0502 e. The molecule has 0 aromatic carbocycles. The zero-order chi connectivity index (χ0) is 8.53. The molecule has 0 unspecified atom stereocenters. The molecule has 0 saturated carbocycles. The van der Waals surface area contributed by atoms with Gasteiger partial charge in [0.15, 0.2) is 0 Å². The minimum Gasteiger partial charge on any atom is -0.260 e. The molecule has 1 heterocycles. The van der Waals surface area contributed by atoms with Gasteiger partial charge in [0, 0.05) is 11.9 Å². The van der Waals surface area contributed by atoms with E-state index in [2.05, 4.69) is 11.2 Å². The second-order valence-corrected chi connectivity index (χ2v) is 2.62. The van der Waals surface area contributed by atoms with Gasteiger partial charge in [-0.2, -0.15) is 11.8 Å². The highest BCUT2D eigenvalue weighted by Gasteiger charge is 1.86. The summed E-state index contributed by atoms with van der Waals surface area (Å²) in [7, 11) is 0. The van der Waals surface area contributed by atoms with Crippen LogP contribution < -0.4 is 0 Å². The Morgan fingerprint density at radius 1 is 1.36 bits per heavy atom. The first-order valence-electron chi connectivity index (χ1n) is 3.82. The predicted molar refractivity (Wildman–Crippen MR) is 52.8 cm³/mol. The summed E-state index contributed by atoms with van der Waals surface area (Å²) < 4.78 is 0. The first-order valence-corrected chi connectivity index (χ1v) is 5.21. The molecule has 0 saturated heterocycles. The molecule has 0 N–H and O–H groups in total. The standard InChI is InChI=1S/C7H9NS.C2H6/c1-9-6-7-4-2-3-5-8-7;1-2/h2-5H,6H2,1H3;1-2H3. The van der Waals surface area contributed by atoms with Crippen molar-refractivity contribution in [1.29, 1.82) is 0 Å². The van der Waals surface area contributed by atoms with Crippen molar-refractivity contribution in [3.63, 3.8) is 0 Å². The van der Waals surface area contributed by atoms with Gasteiger partial charge in [-0.05, 0) is 18.4 Å². The maximum atomic E-state index is 4.15. The van der Waals surface area contributed by atoms with E-state index in [1.54, 1.807) is 11.8 Å². The molecule has 1 aromatic heterocycles. The van der Waals surface area contributed by atoms with Gasteiger partial charge < -0.3 is 0 Å². The van der Waals surface area contributed by atoms with Crippen LogP contribution in [0.3, 0.4) is 0 Å². The van der Waals surface area contributed by atoms with Crippen LogP contribution in [0.25, 0.3) is 0 Å². The Labute approximate surface area is 73.2 Å². The molecule has 1 nitrogen and oxygen atoms in total. The Kier molecular flexibility index (Phi) is 7.26. The van der Waals surface area contributed by atoms with E-state index in [9.17, 15) is 0 Å². The quantitative estimate of drug-likeness (QED) is 0.675. The molecule has 11 heavy (non-hydrogen) atoms. The van der Waals surface area contributed by atoms with Crippen LogP contribution in [-0.2, 0) is 5.75 Å². The topological polar surface area (TPSA) is 12.9 Å². The summed E-state index contributed by atoms with van der Waals surface area (Å²) in [5.74, 6) is 1.01. The molecule has 0 bridgehead atoms. The van der Waals surface area contributed by atoms with Crippen LogP contribution in [0.2, 0.25) is 0 Å². The average molecular weight is 169 g/mol. The Balaban J connectivity index is 0.000000461. The van der Waals surface area contributed by atoms with Gasteiger partial charge in [0.1, 0.15) is 0 Å². The van der Waals surface area contributed by atoms with Gasteiger partial charge in [0.05, 0.1) is 5.69 Å². The lowest BCUT2D eigenvalue weighted by Crippen LogP contribution is -1.81. The summed E-state index contributed by atoms with van der Waals surface area (Å²) in [6.07, 6.45) is 3.90. The van der Waals surface area contributed by atoms with Crippen molar-refractivity contribution in [2.75, 3.05) is 6.26 Å². The third-order valence-corrected chi connectivity index (χ3v) is 1.60. The van der Waals surface area contributed by atoms with Gasteiger partial charge in [-0.15, -0.1) is 0 Å². The minimum atomic E-state index is 1.01. The molecule has 0 spiro atoms. The first kappa shape index (κ1) is 10.5. The number of pyridine rings is 1. The Morgan fingerprint density at radius 2 is 2.09 bits per heavy atom. The Bertz CT molecular complexity index is 162. The van der Waals surface area contributed by atoms with Crippen molar-refractivity contribution >= 4 is 11.8 Å². The lowest BCUT2D eigenvalue weighted by molar-refractivity contribution is 1.18. The van der Waals surface area contributed by atoms with Crippen molar-refractivity contribution < 1.29 is 0 Å². The van der Waals surface area contributed by atoms with Gasteiger partial charge in [0.25, 0.3) is 0 Å². The highest BCUT2D eigenvalue weighted by Crippen LogP contribution is 2.03. The normalized spacial score (nSPS) is 8.27. The molecule has 0 fully saturated rings. The number of hydrogen-bond acceptors (Lipinski definition) is 2. The maximum absolute atomic E-state index is 4.15. The summed E-state index contributed by atoms with van der Waals surface area (Å²) in [5.41, 5.74) is 1.16. The fourth-order valence-electron chi connectivity index (χ4n) is 0.631.